The second kappa shape index (κ2) is 8.73. The van der Waals surface area contributed by atoms with Gasteiger partial charge in [-0.15, -0.1) is 5.10 Å². The Morgan fingerprint density at radius 2 is 2.07 bits per heavy atom. The number of fused-ring (bicyclic) bond motifs is 1. The molecule has 8 heteroatoms. The number of amides is 1. The zero-order valence-electron chi connectivity index (χ0n) is 15.4. The molecule has 0 aliphatic heterocycles. The topological polar surface area (TPSA) is 81.9 Å². The molecule has 1 heterocycles. The highest BCUT2D eigenvalue weighted by Crippen LogP contribution is 2.31. The molecule has 1 N–H and O–H groups in total. The minimum Gasteiger partial charge on any atom is -0.492 e. The maximum atomic E-state index is 12.1. The Labute approximate surface area is 163 Å². The third-order valence-electron chi connectivity index (χ3n) is 5.23. The lowest BCUT2D eigenvalue weighted by molar-refractivity contribution is -0.118. The van der Waals surface area contributed by atoms with Gasteiger partial charge in [0, 0.05) is 0 Å². The van der Waals surface area contributed by atoms with Gasteiger partial charge in [-0.3, -0.25) is 4.79 Å². The average Bonchev–Trinajstić information content (AvgIpc) is 3.43. The summed E-state index contributed by atoms with van der Waals surface area (Å²) in [6, 6.07) is 6.68. The monoisotopic (exact) mass is 387 g/mol. The molecule has 2 aliphatic carbocycles. The molecule has 27 heavy (non-hydrogen) atoms. The minimum absolute atomic E-state index is 0.0291. The number of aromatic nitrogens is 4. The van der Waals surface area contributed by atoms with Gasteiger partial charge in [0.15, 0.2) is 0 Å². The first-order chi connectivity index (χ1) is 13.3. The van der Waals surface area contributed by atoms with E-state index in [0.29, 0.717) is 24.9 Å². The molecule has 1 aromatic heterocycles. The Bertz CT molecular complexity index is 788. The predicted molar refractivity (Wildman–Crippen MR) is 103 cm³/mol. The molecule has 0 bridgehead atoms. The zero-order chi connectivity index (χ0) is 18.5. The van der Waals surface area contributed by atoms with Crippen molar-refractivity contribution in [2.45, 2.75) is 56.1 Å². The summed E-state index contributed by atoms with van der Waals surface area (Å²) in [5.41, 5.74) is 2.83. The maximum Gasteiger partial charge on any atom is 0.230 e. The van der Waals surface area contributed by atoms with Crippen LogP contribution in [0.4, 0.5) is 0 Å². The molecule has 0 unspecified atom stereocenters. The highest BCUT2D eigenvalue weighted by molar-refractivity contribution is 7.99. The van der Waals surface area contributed by atoms with Gasteiger partial charge in [-0.2, -0.15) is 0 Å². The van der Waals surface area contributed by atoms with Crippen LogP contribution in [0.15, 0.2) is 23.4 Å². The van der Waals surface area contributed by atoms with Gasteiger partial charge in [0.2, 0.25) is 11.1 Å². The lowest BCUT2D eigenvalue weighted by Gasteiger charge is -2.11. The molecule has 0 atom stereocenters. The van der Waals surface area contributed by atoms with Crippen molar-refractivity contribution in [1.82, 2.24) is 25.5 Å². The van der Waals surface area contributed by atoms with E-state index in [1.54, 1.807) is 0 Å². The molecule has 2 aromatic rings. The van der Waals surface area contributed by atoms with Crippen LogP contribution in [0.25, 0.3) is 0 Å². The summed E-state index contributed by atoms with van der Waals surface area (Å²) in [4.78, 5) is 12.1. The Morgan fingerprint density at radius 1 is 1.22 bits per heavy atom. The molecule has 0 spiro atoms. The van der Waals surface area contributed by atoms with E-state index in [-0.39, 0.29) is 5.91 Å². The number of hydrogen-bond acceptors (Lipinski definition) is 6. The quantitative estimate of drug-likeness (QED) is 0.554. The fraction of sp³-hybridized carbons (Fsp3) is 0.579. The fourth-order valence-corrected chi connectivity index (χ4v) is 4.61. The summed E-state index contributed by atoms with van der Waals surface area (Å²) in [6.45, 7) is 0.957. The van der Waals surface area contributed by atoms with Gasteiger partial charge in [-0.25, -0.2) is 4.68 Å². The van der Waals surface area contributed by atoms with Gasteiger partial charge < -0.3 is 10.1 Å². The first kappa shape index (κ1) is 18.3. The normalized spacial score (nSPS) is 16.4. The molecular formula is C19H25N5O2S. The lowest BCUT2D eigenvalue weighted by atomic mass is 10.1. The molecule has 2 aliphatic rings. The number of ether oxygens (including phenoxy) is 1. The summed E-state index contributed by atoms with van der Waals surface area (Å²) >= 11 is 1.39. The van der Waals surface area contributed by atoms with E-state index in [1.165, 1.54) is 48.6 Å². The molecule has 144 valence electrons. The van der Waals surface area contributed by atoms with E-state index in [9.17, 15) is 4.79 Å². The summed E-state index contributed by atoms with van der Waals surface area (Å²) in [6.07, 6.45) is 8.22. The molecule has 0 saturated heterocycles. The number of rotatable bonds is 8. The van der Waals surface area contributed by atoms with E-state index in [1.807, 2.05) is 10.7 Å². The molecule has 7 nitrogen and oxygen atoms in total. The number of nitrogens with zero attached hydrogens (tertiary/aromatic N) is 4. The van der Waals surface area contributed by atoms with Gasteiger partial charge in [-0.1, -0.05) is 30.7 Å². The van der Waals surface area contributed by atoms with E-state index >= 15 is 0 Å². The molecule has 4 rings (SSSR count). The van der Waals surface area contributed by atoms with Crippen LogP contribution in [-0.2, 0) is 17.6 Å². The minimum atomic E-state index is -0.0291. The largest absolute Gasteiger partial charge is 0.492 e. The molecule has 1 aromatic carbocycles. The second-order valence-corrected chi connectivity index (χ2v) is 8.06. The fourth-order valence-electron chi connectivity index (χ4n) is 3.84. The van der Waals surface area contributed by atoms with Crippen LogP contribution in [0.5, 0.6) is 5.75 Å². The number of tetrazole rings is 1. The predicted octanol–water partition coefficient (Wildman–Crippen LogP) is 2.56. The molecular weight excluding hydrogens is 362 g/mol. The number of aryl methyl sites for hydroxylation is 2. The van der Waals surface area contributed by atoms with Crippen LogP contribution in [0, 0.1) is 0 Å². The zero-order valence-corrected chi connectivity index (χ0v) is 16.2. The van der Waals surface area contributed by atoms with Crippen molar-refractivity contribution in [2.24, 2.45) is 0 Å². The van der Waals surface area contributed by atoms with E-state index in [2.05, 4.69) is 33.0 Å². The third kappa shape index (κ3) is 4.61. The SMILES string of the molecule is O=C(CSc1nnnn1C1CCCC1)NCCOc1ccc2c(c1)CCC2. The Kier molecular flexibility index (Phi) is 5.91. The average molecular weight is 388 g/mol. The summed E-state index contributed by atoms with van der Waals surface area (Å²) < 4.78 is 7.64. The Hall–Kier alpha value is -2.09. The van der Waals surface area contributed by atoms with Crippen molar-refractivity contribution in [1.29, 1.82) is 0 Å². The van der Waals surface area contributed by atoms with E-state index < -0.39 is 0 Å². The van der Waals surface area contributed by atoms with Gasteiger partial charge >= 0.3 is 0 Å². The smallest absolute Gasteiger partial charge is 0.230 e. The number of benzene rings is 1. The van der Waals surface area contributed by atoms with Crippen LogP contribution in [0.3, 0.4) is 0 Å². The molecule has 1 fully saturated rings. The number of nitrogens with one attached hydrogen (secondary N) is 1. The summed E-state index contributed by atoms with van der Waals surface area (Å²) in [7, 11) is 0. The van der Waals surface area contributed by atoms with E-state index in [0.717, 1.165) is 30.2 Å². The first-order valence-electron chi connectivity index (χ1n) is 9.71. The van der Waals surface area contributed by atoms with Gasteiger partial charge in [0.05, 0.1) is 18.3 Å². The second-order valence-electron chi connectivity index (χ2n) is 7.12. The van der Waals surface area contributed by atoms with Crippen molar-refractivity contribution in [2.75, 3.05) is 18.9 Å². The van der Waals surface area contributed by atoms with E-state index in [4.69, 9.17) is 4.74 Å². The van der Waals surface area contributed by atoms with Gasteiger partial charge in [0.25, 0.3) is 0 Å². The van der Waals surface area contributed by atoms with Crippen LogP contribution >= 0.6 is 11.8 Å². The van der Waals surface area contributed by atoms with Crippen LogP contribution in [-0.4, -0.2) is 45.0 Å². The van der Waals surface area contributed by atoms with Crippen molar-refractivity contribution in [3.63, 3.8) is 0 Å². The number of carbonyl (C=O) groups excluding carboxylic acids is 1. The summed E-state index contributed by atoms with van der Waals surface area (Å²) in [5, 5.41) is 15.5. The molecule has 1 saturated carbocycles. The summed E-state index contributed by atoms with van der Waals surface area (Å²) in [5.74, 6) is 1.17. The number of thioether (sulfide) groups is 1. The van der Waals surface area contributed by atoms with Crippen LogP contribution in [0.2, 0.25) is 0 Å². The highest BCUT2D eigenvalue weighted by Gasteiger charge is 2.22. The van der Waals surface area contributed by atoms with Crippen LogP contribution < -0.4 is 10.1 Å². The first-order valence-corrected chi connectivity index (χ1v) is 10.7. The maximum absolute atomic E-state index is 12.1. The van der Waals surface area contributed by atoms with Crippen molar-refractivity contribution < 1.29 is 9.53 Å². The molecule has 0 radical (unpaired) electrons. The van der Waals surface area contributed by atoms with Crippen molar-refractivity contribution in [3.05, 3.63) is 29.3 Å². The molecule has 1 amide bonds. The van der Waals surface area contributed by atoms with Crippen molar-refractivity contribution >= 4 is 17.7 Å². The third-order valence-corrected chi connectivity index (χ3v) is 6.16. The van der Waals surface area contributed by atoms with Crippen molar-refractivity contribution in [3.8, 4) is 5.75 Å². The van der Waals surface area contributed by atoms with Gasteiger partial charge in [0.1, 0.15) is 12.4 Å². The lowest BCUT2D eigenvalue weighted by Crippen LogP contribution is -2.29. The van der Waals surface area contributed by atoms with Gasteiger partial charge in [-0.05, 0) is 65.8 Å². The Balaban J connectivity index is 1.17. The number of carbonyl (C=O) groups is 1. The Morgan fingerprint density at radius 3 is 2.96 bits per heavy atom. The van der Waals surface area contributed by atoms with Crippen LogP contribution in [0.1, 0.15) is 49.3 Å². The number of hydrogen-bond donors (Lipinski definition) is 1. The standard InChI is InChI=1S/C19H25N5O2S/c25-18(13-27-19-21-22-23-24(19)16-6-1-2-7-16)20-10-11-26-17-9-8-14-4-3-5-15(14)12-17/h8-9,12,16H,1-7,10-11,13H2,(H,20,25). The highest BCUT2D eigenvalue weighted by atomic mass is 32.2.